The number of nitrogen functional groups attached to an aromatic ring is 1. The van der Waals surface area contributed by atoms with Crippen LogP contribution in [0.25, 0.3) is 10.9 Å². The molecule has 0 aliphatic heterocycles. The standard InChI is InChI=1S/C10H12N4/c1-6-3-2-4-7-8(5-11)13-10(12)14-9(6)7/h2-4H,5,11H2,1H3,(H2,12,13,14). The first-order chi connectivity index (χ1) is 6.72. The van der Waals surface area contributed by atoms with Crippen molar-refractivity contribution in [3.05, 3.63) is 29.5 Å². The first kappa shape index (κ1) is 8.90. The number of nitrogens with zero attached hydrogens (tertiary/aromatic N) is 2. The van der Waals surface area contributed by atoms with Gasteiger partial charge in [-0.1, -0.05) is 18.2 Å². The molecule has 0 atom stereocenters. The molecule has 0 aliphatic rings. The molecule has 72 valence electrons. The lowest BCUT2D eigenvalue weighted by atomic mass is 10.1. The third-order valence-corrected chi connectivity index (χ3v) is 2.22. The average Bonchev–Trinajstić information content (AvgIpc) is 2.18. The van der Waals surface area contributed by atoms with Gasteiger partial charge in [0.2, 0.25) is 5.95 Å². The van der Waals surface area contributed by atoms with Crippen LogP contribution in [0.4, 0.5) is 5.95 Å². The SMILES string of the molecule is Cc1cccc2c(CN)nc(N)nc12. The van der Waals surface area contributed by atoms with E-state index in [-0.39, 0.29) is 5.95 Å². The minimum Gasteiger partial charge on any atom is -0.368 e. The third-order valence-electron chi connectivity index (χ3n) is 2.22. The van der Waals surface area contributed by atoms with Gasteiger partial charge in [0.15, 0.2) is 0 Å². The maximum atomic E-state index is 5.59. The number of benzene rings is 1. The van der Waals surface area contributed by atoms with Gasteiger partial charge in [-0.05, 0) is 12.5 Å². The topological polar surface area (TPSA) is 77.8 Å². The molecule has 0 spiro atoms. The zero-order valence-electron chi connectivity index (χ0n) is 7.99. The maximum Gasteiger partial charge on any atom is 0.220 e. The molecule has 4 N–H and O–H groups in total. The largest absolute Gasteiger partial charge is 0.368 e. The smallest absolute Gasteiger partial charge is 0.220 e. The summed E-state index contributed by atoms with van der Waals surface area (Å²) < 4.78 is 0. The minimum atomic E-state index is 0.284. The van der Waals surface area contributed by atoms with Gasteiger partial charge in [0.05, 0.1) is 11.2 Å². The number of anilines is 1. The third kappa shape index (κ3) is 1.29. The van der Waals surface area contributed by atoms with Crippen LogP contribution >= 0.6 is 0 Å². The zero-order valence-corrected chi connectivity index (χ0v) is 7.99. The van der Waals surface area contributed by atoms with E-state index in [9.17, 15) is 0 Å². The van der Waals surface area contributed by atoms with Crippen molar-refractivity contribution in [2.75, 3.05) is 5.73 Å². The molecule has 4 heteroatoms. The molecule has 0 saturated heterocycles. The van der Waals surface area contributed by atoms with E-state index in [1.54, 1.807) is 0 Å². The van der Waals surface area contributed by atoms with Crippen LogP contribution in [0, 0.1) is 6.92 Å². The number of nitrogens with two attached hydrogens (primary N) is 2. The highest BCUT2D eigenvalue weighted by Gasteiger charge is 2.05. The van der Waals surface area contributed by atoms with E-state index in [2.05, 4.69) is 9.97 Å². The van der Waals surface area contributed by atoms with Gasteiger partial charge in [-0.15, -0.1) is 0 Å². The molecule has 0 aliphatic carbocycles. The highest BCUT2D eigenvalue weighted by atomic mass is 15.0. The molecule has 2 aromatic rings. The lowest BCUT2D eigenvalue weighted by Crippen LogP contribution is -2.05. The van der Waals surface area contributed by atoms with E-state index in [0.29, 0.717) is 6.54 Å². The molecule has 2 rings (SSSR count). The zero-order chi connectivity index (χ0) is 10.1. The van der Waals surface area contributed by atoms with Gasteiger partial charge < -0.3 is 11.5 Å². The summed E-state index contributed by atoms with van der Waals surface area (Å²) in [6.45, 7) is 2.38. The summed E-state index contributed by atoms with van der Waals surface area (Å²) in [5, 5.41) is 0.988. The number of para-hydroxylation sites is 1. The summed E-state index contributed by atoms with van der Waals surface area (Å²) in [4.78, 5) is 8.30. The van der Waals surface area contributed by atoms with Gasteiger partial charge in [-0.3, -0.25) is 0 Å². The van der Waals surface area contributed by atoms with Crippen LogP contribution in [0.15, 0.2) is 18.2 Å². The molecular formula is C10H12N4. The van der Waals surface area contributed by atoms with Gasteiger partial charge in [-0.25, -0.2) is 9.97 Å². The van der Waals surface area contributed by atoms with Gasteiger partial charge >= 0.3 is 0 Å². The highest BCUT2D eigenvalue weighted by Crippen LogP contribution is 2.19. The van der Waals surface area contributed by atoms with Crippen molar-refractivity contribution in [1.29, 1.82) is 0 Å². The predicted octanol–water partition coefficient (Wildman–Crippen LogP) is 0.979. The number of aromatic nitrogens is 2. The number of aryl methyl sites for hydroxylation is 1. The molecule has 1 heterocycles. The first-order valence-electron chi connectivity index (χ1n) is 4.44. The van der Waals surface area contributed by atoms with Crippen LogP contribution in [-0.2, 0) is 6.54 Å². The van der Waals surface area contributed by atoms with Crippen LogP contribution in [0.3, 0.4) is 0 Å². The minimum absolute atomic E-state index is 0.284. The number of hydrogen-bond donors (Lipinski definition) is 2. The van der Waals surface area contributed by atoms with E-state index in [4.69, 9.17) is 11.5 Å². The van der Waals surface area contributed by atoms with E-state index in [0.717, 1.165) is 22.2 Å². The second-order valence-corrected chi connectivity index (χ2v) is 3.20. The number of rotatable bonds is 1. The molecule has 4 nitrogen and oxygen atoms in total. The Labute approximate surface area is 82.0 Å². The number of hydrogen-bond acceptors (Lipinski definition) is 4. The Morgan fingerprint density at radius 3 is 2.79 bits per heavy atom. The molecule has 0 unspecified atom stereocenters. The van der Waals surface area contributed by atoms with Gasteiger partial charge in [0, 0.05) is 11.9 Å². The molecule has 0 saturated carbocycles. The van der Waals surface area contributed by atoms with Crippen molar-refractivity contribution in [3.8, 4) is 0 Å². The Morgan fingerprint density at radius 2 is 2.07 bits per heavy atom. The molecule has 14 heavy (non-hydrogen) atoms. The first-order valence-corrected chi connectivity index (χ1v) is 4.44. The predicted molar refractivity (Wildman–Crippen MR) is 56.6 cm³/mol. The van der Waals surface area contributed by atoms with Crippen LogP contribution in [0.2, 0.25) is 0 Å². The van der Waals surface area contributed by atoms with Crippen molar-refractivity contribution in [3.63, 3.8) is 0 Å². The van der Waals surface area contributed by atoms with Crippen molar-refractivity contribution in [1.82, 2.24) is 9.97 Å². The highest BCUT2D eigenvalue weighted by molar-refractivity contribution is 5.84. The van der Waals surface area contributed by atoms with Crippen LogP contribution in [0.5, 0.6) is 0 Å². The van der Waals surface area contributed by atoms with Crippen LogP contribution in [-0.4, -0.2) is 9.97 Å². The molecule has 0 fully saturated rings. The summed E-state index contributed by atoms with van der Waals surface area (Å²) >= 11 is 0. The molecular weight excluding hydrogens is 176 g/mol. The lowest BCUT2D eigenvalue weighted by molar-refractivity contribution is 0.996. The fourth-order valence-electron chi connectivity index (χ4n) is 1.53. The average molecular weight is 188 g/mol. The number of fused-ring (bicyclic) bond motifs is 1. The van der Waals surface area contributed by atoms with Crippen molar-refractivity contribution >= 4 is 16.9 Å². The summed E-state index contributed by atoms with van der Waals surface area (Å²) in [7, 11) is 0. The monoisotopic (exact) mass is 188 g/mol. The van der Waals surface area contributed by atoms with E-state index < -0.39 is 0 Å². The van der Waals surface area contributed by atoms with Gasteiger partial charge in [-0.2, -0.15) is 0 Å². The summed E-state index contributed by atoms with van der Waals surface area (Å²) in [5.41, 5.74) is 14.0. The second kappa shape index (κ2) is 3.23. The maximum absolute atomic E-state index is 5.59. The van der Waals surface area contributed by atoms with E-state index >= 15 is 0 Å². The Morgan fingerprint density at radius 1 is 1.29 bits per heavy atom. The fraction of sp³-hybridized carbons (Fsp3) is 0.200. The summed E-state index contributed by atoms with van der Waals surface area (Å²) in [6, 6.07) is 5.93. The summed E-state index contributed by atoms with van der Waals surface area (Å²) in [6.07, 6.45) is 0. The Hall–Kier alpha value is -1.68. The van der Waals surface area contributed by atoms with Crippen LogP contribution < -0.4 is 11.5 Å². The summed E-state index contributed by atoms with van der Waals surface area (Å²) in [5.74, 6) is 0.284. The Kier molecular flexibility index (Phi) is 2.05. The second-order valence-electron chi connectivity index (χ2n) is 3.20. The van der Waals surface area contributed by atoms with E-state index in [1.807, 2.05) is 25.1 Å². The van der Waals surface area contributed by atoms with Gasteiger partial charge in [0.25, 0.3) is 0 Å². The van der Waals surface area contributed by atoms with Crippen molar-refractivity contribution < 1.29 is 0 Å². The Bertz CT molecular complexity index is 479. The molecule has 0 radical (unpaired) electrons. The fourth-order valence-corrected chi connectivity index (χ4v) is 1.53. The van der Waals surface area contributed by atoms with Crippen molar-refractivity contribution in [2.45, 2.75) is 13.5 Å². The van der Waals surface area contributed by atoms with Crippen molar-refractivity contribution in [2.24, 2.45) is 5.73 Å². The van der Waals surface area contributed by atoms with Crippen LogP contribution in [0.1, 0.15) is 11.3 Å². The quantitative estimate of drug-likeness (QED) is 0.699. The van der Waals surface area contributed by atoms with Gasteiger partial charge in [0.1, 0.15) is 0 Å². The van der Waals surface area contributed by atoms with E-state index in [1.165, 1.54) is 0 Å². The lowest BCUT2D eigenvalue weighted by Gasteiger charge is -2.05. The molecule has 1 aromatic carbocycles. The normalized spacial score (nSPS) is 10.7. The molecule has 0 amide bonds. The molecule has 0 bridgehead atoms. The molecule has 1 aromatic heterocycles. The Balaban J connectivity index is 2.87.